The summed E-state index contributed by atoms with van der Waals surface area (Å²) in [7, 11) is 1.29. The van der Waals surface area contributed by atoms with Crippen molar-refractivity contribution < 1.29 is 14.3 Å². The standard InChI is InChI=1S/C10H15NO3/c1-4-5-6-7-9(10(13)14-3)11-8(2)12/h1,9H,5-7H2,2-3H3,(H,11,12)/t9-/m0/s1. The molecular formula is C10H15NO3. The zero-order valence-corrected chi connectivity index (χ0v) is 8.50. The van der Waals surface area contributed by atoms with E-state index in [0.29, 0.717) is 19.3 Å². The van der Waals surface area contributed by atoms with Gasteiger partial charge in [0.25, 0.3) is 0 Å². The minimum Gasteiger partial charge on any atom is -0.467 e. The second-order valence-electron chi connectivity index (χ2n) is 2.87. The Morgan fingerprint density at radius 2 is 2.21 bits per heavy atom. The van der Waals surface area contributed by atoms with Gasteiger partial charge in [-0.2, -0.15) is 0 Å². The molecule has 78 valence electrons. The predicted octanol–water partition coefficient (Wildman–Crippen LogP) is 0.468. The number of unbranched alkanes of at least 4 members (excludes halogenated alkanes) is 1. The molecule has 0 aliphatic heterocycles. The molecular weight excluding hydrogens is 182 g/mol. The lowest BCUT2D eigenvalue weighted by Gasteiger charge is -2.14. The normalized spacial score (nSPS) is 11.2. The van der Waals surface area contributed by atoms with E-state index in [4.69, 9.17) is 6.42 Å². The number of hydrogen-bond donors (Lipinski definition) is 1. The Balaban J connectivity index is 4.05. The molecule has 0 aromatic carbocycles. The maximum atomic E-state index is 11.2. The van der Waals surface area contributed by atoms with Crippen molar-refractivity contribution in [2.45, 2.75) is 32.2 Å². The summed E-state index contributed by atoms with van der Waals surface area (Å²) in [5, 5.41) is 2.51. The fourth-order valence-corrected chi connectivity index (χ4v) is 1.04. The second-order valence-corrected chi connectivity index (χ2v) is 2.87. The van der Waals surface area contributed by atoms with Crippen molar-refractivity contribution in [1.29, 1.82) is 0 Å². The van der Waals surface area contributed by atoms with Gasteiger partial charge in [-0.15, -0.1) is 12.3 Å². The average molecular weight is 197 g/mol. The molecule has 4 nitrogen and oxygen atoms in total. The van der Waals surface area contributed by atoms with E-state index in [9.17, 15) is 9.59 Å². The maximum absolute atomic E-state index is 11.2. The fourth-order valence-electron chi connectivity index (χ4n) is 1.04. The van der Waals surface area contributed by atoms with E-state index in [1.54, 1.807) is 0 Å². The van der Waals surface area contributed by atoms with Gasteiger partial charge >= 0.3 is 5.97 Å². The van der Waals surface area contributed by atoms with Gasteiger partial charge in [0.1, 0.15) is 6.04 Å². The molecule has 0 spiro atoms. The molecule has 1 atom stereocenters. The Bertz CT molecular complexity index is 242. The van der Waals surface area contributed by atoms with E-state index in [1.807, 2.05) is 0 Å². The van der Waals surface area contributed by atoms with Crippen molar-refractivity contribution in [2.75, 3.05) is 7.11 Å². The van der Waals surface area contributed by atoms with Gasteiger partial charge in [-0.25, -0.2) is 4.79 Å². The highest BCUT2D eigenvalue weighted by Gasteiger charge is 2.18. The zero-order valence-electron chi connectivity index (χ0n) is 8.50. The minimum absolute atomic E-state index is 0.249. The van der Waals surface area contributed by atoms with Crippen LogP contribution in [0.25, 0.3) is 0 Å². The maximum Gasteiger partial charge on any atom is 0.328 e. The van der Waals surface area contributed by atoms with E-state index >= 15 is 0 Å². The highest BCUT2D eigenvalue weighted by Crippen LogP contribution is 2.02. The summed E-state index contributed by atoms with van der Waals surface area (Å²) in [6.07, 6.45) is 6.86. The molecule has 0 bridgehead atoms. The van der Waals surface area contributed by atoms with Crippen LogP contribution in [0, 0.1) is 12.3 Å². The van der Waals surface area contributed by atoms with Gasteiger partial charge in [-0.05, 0) is 12.8 Å². The summed E-state index contributed by atoms with van der Waals surface area (Å²) in [5.74, 6) is 1.79. The molecule has 0 saturated heterocycles. The molecule has 0 unspecified atom stereocenters. The Morgan fingerprint density at radius 1 is 1.57 bits per heavy atom. The van der Waals surface area contributed by atoms with Crippen LogP contribution >= 0.6 is 0 Å². The lowest BCUT2D eigenvalue weighted by Crippen LogP contribution is -2.40. The third-order valence-electron chi connectivity index (χ3n) is 1.68. The number of nitrogens with one attached hydrogen (secondary N) is 1. The number of carbonyl (C=O) groups excluding carboxylic acids is 2. The van der Waals surface area contributed by atoms with Crippen LogP contribution in [-0.2, 0) is 14.3 Å². The third kappa shape index (κ3) is 5.20. The van der Waals surface area contributed by atoms with E-state index < -0.39 is 12.0 Å². The largest absolute Gasteiger partial charge is 0.467 e. The van der Waals surface area contributed by atoms with Gasteiger partial charge in [-0.3, -0.25) is 4.79 Å². The van der Waals surface area contributed by atoms with Crippen LogP contribution in [0.3, 0.4) is 0 Å². The van der Waals surface area contributed by atoms with Crippen molar-refractivity contribution >= 4 is 11.9 Å². The van der Waals surface area contributed by atoms with Crippen molar-refractivity contribution in [3.8, 4) is 12.3 Å². The number of carbonyl (C=O) groups is 2. The summed E-state index contributed by atoms with van der Waals surface area (Å²) in [6.45, 7) is 1.36. The summed E-state index contributed by atoms with van der Waals surface area (Å²) in [5.41, 5.74) is 0. The van der Waals surface area contributed by atoms with Gasteiger partial charge in [0, 0.05) is 13.3 Å². The SMILES string of the molecule is C#CCCC[C@H](NC(C)=O)C(=O)OC. The summed E-state index contributed by atoms with van der Waals surface area (Å²) < 4.78 is 4.54. The van der Waals surface area contributed by atoms with Gasteiger partial charge < -0.3 is 10.1 Å². The third-order valence-corrected chi connectivity index (χ3v) is 1.68. The molecule has 4 heteroatoms. The van der Waals surface area contributed by atoms with E-state index in [-0.39, 0.29) is 5.91 Å². The minimum atomic E-state index is -0.578. The number of methoxy groups -OCH3 is 1. The Labute approximate surface area is 84.0 Å². The monoisotopic (exact) mass is 197 g/mol. The molecule has 0 heterocycles. The number of esters is 1. The van der Waals surface area contributed by atoms with Crippen LogP contribution in [0.15, 0.2) is 0 Å². The number of hydrogen-bond acceptors (Lipinski definition) is 3. The number of amides is 1. The first-order chi connectivity index (χ1) is 6.61. The molecule has 0 aromatic heterocycles. The smallest absolute Gasteiger partial charge is 0.328 e. The molecule has 0 aliphatic rings. The topological polar surface area (TPSA) is 55.4 Å². The molecule has 0 aromatic rings. The molecule has 1 N–H and O–H groups in total. The molecule has 0 radical (unpaired) electrons. The summed E-state index contributed by atoms with van der Waals surface area (Å²) in [4.78, 5) is 21.9. The van der Waals surface area contributed by atoms with Crippen LogP contribution in [0.4, 0.5) is 0 Å². The lowest BCUT2D eigenvalue weighted by molar-refractivity contribution is -0.145. The van der Waals surface area contributed by atoms with E-state index in [2.05, 4.69) is 16.0 Å². The first-order valence-electron chi connectivity index (χ1n) is 4.40. The number of ether oxygens (including phenoxy) is 1. The molecule has 0 aliphatic carbocycles. The Hall–Kier alpha value is -1.50. The molecule has 0 saturated carbocycles. The lowest BCUT2D eigenvalue weighted by atomic mass is 10.1. The van der Waals surface area contributed by atoms with Gasteiger partial charge in [0.2, 0.25) is 5.91 Å². The summed E-state index contributed by atoms with van der Waals surface area (Å²) in [6, 6.07) is -0.578. The van der Waals surface area contributed by atoms with Crippen LogP contribution in [-0.4, -0.2) is 25.0 Å². The van der Waals surface area contributed by atoms with Crippen molar-refractivity contribution in [2.24, 2.45) is 0 Å². The van der Waals surface area contributed by atoms with Crippen molar-refractivity contribution in [3.63, 3.8) is 0 Å². The predicted molar refractivity (Wildman–Crippen MR) is 52.3 cm³/mol. The van der Waals surface area contributed by atoms with Crippen LogP contribution in [0.5, 0.6) is 0 Å². The summed E-state index contributed by atoms with van der Waals surface area (Å²) >= 11 is 0. The molecule has 14 heavy (non-hydrogen) atoms. The van der Waals surface area contributed by atoms with Crippen LogP contribution in [0.2, 0.25) is 0 Å². The van der Waals surface area contributed by atoms with E-state index in [1.165, 1.54) is 14.0 Å². The fraction of sp³-hybridized carbons (Fsp3) is 0.600. The second kappa shape index (κ2) is 6.96. The Morgan fingerprint density at radius 3 is 2.64 bits per heavy atom. The van der Waals surface area contributed by atoms with Crippen molar-refractivity contribution in [1.82, 2.24) is 5.32 Å². The quantitative estimate of drug-likeness (QED) is 0.396. The molecule has 0 rings (SSSR count). The number of terminal acetylenes is 1. The van der Waals surface area contributed by atoms with Gasteiger partial charge in [0.05, 0.1) is 7.11 Å². The highest BCUT2D eigenvalue weighted by molar-refractivity contribution is 5.83. The number of rotatable bonds is 5. The Kier molecular flexibility index (Phi) is 6.21. The first kappa shape index (κ1) is 12.5. The van der Waals surface area contributed by atoms with Crippen LogP contribution < -0.4 is 5.32 Å². The molecule has 1 amide bonds. The first-order valence-corrected chi connectivity index (χ1v) is 4.40. The zero-order chi connectivity index (χ0) is 11.0. The van der Waals surface area contributed by atoms with Crippen LogP contribution in [0.1, 0.15) is 26.2 Å². The van der Waals surface area contributed by atoms with E-state index in [0.717, 1.165) is 0 Å². The average Bonchev–Trinajstić information content (AvgIpc) is 2.15. The van der Waals surface area contributed by atoms with Gasteiger partial charge in [0.15, 0.2) is 0 Å². The highest BCUT2D eigenvalue weighted by atomic mass is 16.5. The molecule has 0 fully saturated rings. The van der Waals surface area contributed by atoms with Crippen molar-refractivity contribution in [3.05, 3.63) is 0 Å². The van der Waals surface area contributed by atoms with Gasteiger partial charge in [-0.1, -0.05) is 0 Å².